The minimum atomic E-state index is 0.478. The van der Waals surface area contributed by atoms with E-state index in [9.17, 15) is 0 Å². The summed E-state index contributed by atoms with van der Waals surface area (Å²) in [5, 5.41) is 0. The molecule has 104 valence electrons. The quantitative estimate of drug-likeness (QED) is 0.314. The summed E-state index contributed by atoms with van der Waals surface area (Å²) < 4.78 is 0. The SMILES string of the molecule is CN1CCCN(C(=NC2CCCCC2)NN)CC1. The molecule has 0 aromatic carbocycles. The predicted molar refractivity (Wildman–Crippen MR) is 75.3 cm³/mol. The van der Waals surface area contributed by atoms with E-state index in [4.69, 9.17) is 10.8 Å². The van der Waals surface area contributed by atoms with E-state index >= 15 is 0 Å². The second kappa shape index (κ2) is 6.95. The predicted octanol–water partition coefficient (Wildman–Crippen LogP) is 0.776. The van der Waals surface area contributed by atoms with Crippen molar-refractivity contribution in [1.82, 2.24) is 15.2 Å². The Kier molecular flexibility index (Phi) is 5.26. The number of nitrogens with one attached hydrogen (secondary N) is 1. The molecule has 0 spiro atoms. The maximum atomic E-state index is 5.67. The minimum Gasteiger partial charge on any atom is -0.341 e. The molecule has 1 saturated heterocycles. The van der Waals surface area contributed by atoms with Crippen LogP contribution in [0.4, 0.5) is 0 Å². The van der Waals surface area contributed by atoms with Crippen LogP contribution in [0.25, 0.3) is 0 Å². The van der Waals surface area contributed by atoms with E-state index < -0.39 is 0 Å². The first-order chi connectivity index (χ1) is 8.79. The molecule has 0 amide bonds. The average Bonchev–Trinajstić information content (AvgIpc) is 2.62. The molecule has 1 heterocycles. The molecule has 2 rings (SSSR count). The molecule has 0 aromatic rings. The number of hydrogen-bond donors (Lipinski definition) is 2. The van der Waals surface area contributed by atoms with Crippen LogP contribution in [0.3, 0.4) is 0 Å². The van der Waals surface area contributed by atoms with Crippen LogP contribution in [0.2, 0.25) is 0 Å². The topological polar surface area (TPSA) is 56.9 Å². The lowest BCUT2D eigenvalue weighted by atomic mass is 9.96. The van der Waals surface area contributed by atoms with Gasteiger partial charge < -0.3 is 9.80 Å². The summed E-state index contributed by atoms with van der Waals surface area (Å²) in [5.41, 5.74) is 2.82. The highest BCUT2D eigenvalue weighted by Crippen LogP contribution is 2.20. The molecule has 3 N–H and O–H groups in total. The zero-order valence-corrected chi connectivity index (χ0v) is 11.6. The van der Waals surface area contributed by atoms with Crippen molar-refractivity contribution in [3.8, 4) is 0 Å². The van der Waals surface area contributed by atoms with Crippen molar-refractivity contribution in [1.29, 1.82) is 0 Å². The summed E-state index contributed by atoms with van der Waals surface area (Å²) in [6.45, 7) is 4.33. The molecule has 1 aliphatic carbocycles. The molecule has 18 heavy (non-hydrogen) atoms. The Morgan fingerprint density at radius 2 is 1.83 bits per heavy atom. The molecule has 1 saturated carbocycles. The van der Waals surface area contributed by atoms with Gasteiger partial charge in [0.2, 0.25) is 5.96 Å². The summed E-state index contributed by atoms with van der Waals surface area (Å²) in [4.78, 5) is 9.51. The van der Waals surface area contributed by atoms with E-state index in [0.29, 0.717) is 6.04 Å². The van der Waals surface area contributed by atoms with E-state index in [1.165, 1.54) is 38.5 Å². The molecule has 5 heteroatoms. The monoisotopic (exact) mass is 253 g/mol. The largest absolute Gasteiger partial charge is 0.341 e. The highest BCUT2D eigenvalue weighted by Gasteiger charge is 2.18. The van der Waals surface area contributed by atoms with Gasteiger partial charge in [-0.3, -0.25) is 5.43 Å². The van der Waals surface area contributed by atoms with Gasteiger partial charge in [0, 0.05) is 19.6 Å². The molecule has 1 aliphatic heterocycles. The van der Waals surface area contributed by atoms with E-state index in [-0.39, 0.29) is 0 Å². The summed E-state index contributed by atoms with van der Waals surface area (Å²) in [6, 6.07) is 0.478. The van der Waals surface area contributed by atoms with Gasteiger partial charge in [-0.15, -0.1) is 0 Å². The fourth-order valence-electron chi connectivity index (χ4n) is 2.85. The number of guanidine groups is 1. The Morgan fingerprint density at radius 3 is 2.56 bits per heavy atom. The highest BCUT2D eigenvalue weighted by atomic mass is 15.4. The number of hydrazine groups is 1. The van der Waals surface area contributed by atoms with Crippen LogP contribution in [0, 0.1) is 0 Å². The molecule has 0 radical (unpaired) electrons. The van der Waals surface area contributed by atoms with Crippen molar-refractivity contribution in [2.75, 3.05) is 33.2 Å². The summed E-state index contributed by atoms with van der Waals surface area (Å²) in [5.74, 6) is 6.57. The summed E-state index contributed by atoms with van der Waals surface area (Å²) >= 11 is 0. The summed E-state index contributed by atoms with van der Waals surface area (Å²) in [6.07, 6.45) is 7.62. The van der Waals surface area contributed by atoms with Gasteiger partial charge in [-0.25, -0.2) is 10.8 Å². The number of nitrogens with two attached hydrogens (primary N) is 1. The molecule has 5 nitrogen and oxygen atoms in total. The Labute approximate surface area is 110 Å². The van der Waals surface area contributed by atoms with E-state index in [1.54, 1.807) is 0 Å². The van der Waals surface area contributed by atoms with Gasteiger partial charge in [0.15, 0.2) is 0 Å². The Hall–Kier alpha value is -0.810. The number of likely N-dealkylation sites (N-methyl/N-ethyl adjacent to an activating group) is 1. The maximum Gasteiger partial charge on any atom is 0.208 e. The zero-order chi connectivity index (χ0) is 12.8. The molecule has 0 bridgehead atoms. The van der Waals surface area contributed by atoms with Gasteiger partial charge in [-0.1, -0.05) is 19.3 Å². The van der Waals surface area contributed by atoms with Crippen LogP contribution < -0.4 is 11.3 Å². The number of hydrogen-bond acceptors (Lipinski definition) is 3. The third kappa shape index (κ3) is 3.85. The third-order valence-electron chi connectivity index (χ3n) is 4.03. The van der Waals surface area contributed by atoms with Crippen LogP contribution in [0.15, 0.2) is 4.99 Å². The van der Waals surface area contributed by atoms with Crippen molar-refractivity contribution in [3.63, 3.8) is 0 Å². The standard InChI is InChI=1S/C13H27N5/c1-17-8-5-9-18(11-10-17)13(16-14)15-12-6-3-2-4-7-12/h12H,2-11,14H2,1H3,(H,15,16). The van der Waals surface area contributed by atoms with Gasteiger partial charge in [0.25, 0.3) is 0 Å². The maximum absolute atomic E-state index is 5.67. The summed E-state index contributed by atoms with van der Waals surface area (Å²) in [7, 11) is 2.18. The van der Waals surface area contributed by atoms with Gasteiger partial charge in [-0.05, 0) is 32.9 Å². The molecule has 0 unspecified atom stereocenters. The number of aliphatic imine (C=N–C) groups is 1. The first-order valence-corrected chi connectivity index (χ1v) is 7.27. The Bertz CT molecular complexity index is 273. The normalized spacial score (nSPS) is 25.0. The first-order valence-electron chi connectivity index (χ1n) is 7.27. The van der Waals surface area contributed by atoms with Crippen molar-refractivity contribution >= 4 is 5.96 Å². The van der Waals surface area contributed by atoms with Crippen LogP contribution in [0.5, 0.6) is 0 Å². The van der Waals surface area contributed by atoms with Gasteiger partial charge >= 0.3 is 0 Å². The van der Waals surface area contributed by atoms with Crippen molar-refractivity contribution in [2.45, 2.75) is 44.6 Å². The fourth-order valence-corrected chi connectivity index (χ4v) is 2.85. The Morgan fingerprint density at radius 1 is 1.06 bits per heavy atom. The highest BCUT2D eigenvalue weighted by molar-refractivity contribution is 5.79. The second-order valence-electron chi connectivity index (χ2n) is 5.53. The molecule has 2 aliphatic rings. The van der Waals surface area contributed by atoms with Crippen LogP contribution in [0.1, 0.15) is 38.5 Å². The molecular weight excluding hydrogens is 226 g/mol. The van der Waals surface area contributed by atoms with Gasteiger partial charge in [-0.2, -0.15) is 0 Å². The minimum absolute atomic E-state index is 0.478. The van der Waals surface area contributed by atoms with Crippen molar-refractivity contribution in [2.24, 2.45) is 10.8 Å². The molecule has 2 fully saturated rings. The van der Waals surface area contributed by atoms with E-state index in [2.05, 4.69) is 22.3 Å². The van der Waals surface area contributed by atoms with Crippen LogP contribution in [-0.4, -0.2) is 55.0 Å². The smallest absolute Gasteiger partial charge is 0.208 e. The number of rotatable bonds is 1. The lowest BCUT2D eigenvalue weighted by molar-refractivity contribution is 0.342. The van der Waals surface area contributed by atoms with Crippen molar-refractivity contribution in [3.05, 3.63) is 0 Å². The fraction of sp³-hybridized carbons (Fsp3) is 0.923. The van der Waals surface area contributed by atoms with E-state index in [1.807, 2.05) is 0 Å². The van der Waals surface area contributed by atoms with Gasteiger partial charge in [0.1, 0.15) is 0 Å². The zero-order valence-electron chi connectivity index (χ0n) is 11.6. The number of nitrogens with zero attached hydrogens (tertiary/aromatic N) is 3. The lowest BCUT2D eigenvalue weighted by Gasteiger charge is -2.26. The third-order valence-corrected chi connectivity index (χ3v) is 4.03. The molecule has 0 atom stereocenters. The molecule has 0 aromatic heterocycles. The average molecular weight is 253 g/mol. The lowest BCUT2D eigenvalue weighted by Crippen LogP contribution is -2.47. The second-order valence-corrected chi connectivity index (χ2v) is 5.53. The van der Waals surface area contributed by atoms with Crippen LogP contribution in [-0.2, 0) is 0 Å². The van der Waals surface area contributed by atoms with Crippen LogP contribution >= 0.6 is 0 Å². The first kappa shape index (κ1) is 13.6. The van der Waals surface area contributed by atoms with Gasteiger partial charge in [0.05, 0.1) is 6.04 Å². The molecular formula is C13H27N5. The Balaban J connectivity index is 1.95. The van der Waals surface area contributed by atoms with Crippen molar-refractivity contribution < 1.29 is 0 Å². The van der Waals surface area contributed by atoms with E-state index in [0.717, 1.165) is 32.1 Å².